The Morgan fingerprint density at radius 2 is 2.07 bits per heavy atom. The molecule has 2 heterocycles. The first-order valence-electron chi connectivity index (χ1n) is 7.86. The number of alkyl halides is 3. The summed E-state index contributed by atoms with van der Waals surface area (Å²) in [7, 11) is 1.81. The van der Waals surface area contributed by atoms with E-state index in [1.54, 1.807) is 17.0 Å². The van der Waals surface area contributed by atoms with Crippen molar-refractivity contribution in [3.8, 4) is 5.75 Å². The van der Waals surface area contributed by atoms with Gasteiger partial charge in [-0.3, -0.25) is 4.79 Å². The van der Waals surface area contributed by atoms with Gasteiger partial charge < -0.3 is 13.7 Å². The predicted octanol–water partition coefficient (Wildman–Crippen LogP) is 3.90. The third-order valence-corrected chi connectivity index (χ3v) is 4.71. The van der Waals surface area contributed by atoms with Crippen molar-refractivity contribution in [1.82, 2.24) is 9.55 Å². The topological polar surface area (TPSA) is 74.3 Å². The van der Waals surface area contributed by atoms with Crippen molar-refractivity contribution < 1.29 is 27.1 Å². The van der Waals surface area contributed by atoms with Crippen LogP contribution in [0.5, 0.6) is 5.75 Å². The van der Waals surface area contributed by atoms with E-state index in [0.29, 0.717) is 16.7 Å². The SMILES string of the molecule is Cn1ccnc1SCc1cc(=O)c(OC(=O)c2ccccc2C(F)(F)F)co1. The van der Waals surface area contributed by atoms with E-state index < -0.39 is 34.5 Å². The molecule has 0 unspecified atom stereocenters. The fraction of sp³-hybridized carbons (Fsp3) is 0.167. The molecule has 0 radical (unpaired) electrons. The first kappa shape index (κ1) is 19.7. The van der Waals surface area contributed by atoms with E-state index in [1.165, 1.54) is 17.8 Å². The van der Waals surface area contributed by atoms with Gasteiger partial charge in [0.2, 0.25) is 11.2 Å². The molecule has 0 fully saturated rings. The van der Waals surface area contributed by atoms with Crippen LogP contribution in [0.25, 0.3) is 0 Å². The number of aryl methyl sites for hydroxylation is 1. The van der Waals surface area contributed by atoms with Crippen molar-refractivity contribution in [2.75, 3.05) is 0 Å². The highest BCUT2D eigenvalue weighted by molar-refractivity contribution is 7.98. The lowest BCUT2D eigenvalue weighted by molar-refractivity contribution is -0.138. The highest BCUT2D eigenvalue weighted by atomic mass is 32.2. The number of imidazole rings is 1. The van der Waals surface area contributed by atoms with Gasteiger partial charge in [0.1, 0.15) is 12.0 Å². The van der Waals surface area contributed by atoms with Crippen LogP contribution in [0.2, 0.25) is 0 Å². The zero-order valence-electron chi connectivity index (χ0n) is 14.4. The maximum atomic E-state index is 13.0. The Bertz CT molecular complexity index is 1060. The molecule has 146 valence electrons. The summed E-state index contributed by atoms with van der Waals surface area (Å²) in [5.41, 5.74) is -2.52. The number of benzene rings is 1. The zero-order chi connectivity index (χ0) is 20.3. The molecule has 0 atom stereocenters. The minimum atomic E-state index is -4.73. The third-order valence-electron chi connectivity index (χ3n) is 3.63. The molecule has 3 aromatic rings. The molecule has 2 aromatic heterocycles. The molecule has 10 heteroatoms. The van der Waals surface area contributed by atoms with E-state index in [0.717, 1.165) is 30.5 Å². The highest BCUT2D eigenvalue weighted by Gasteiger charge is 2.35. The number of hydrogen-bond donors (Lipinski definition) is 0. The number of ether oxygens (including phenoxy) is 1. The minimum Gasteiger partial charge on any atom is -0.464 e. The van der Waals surface area contributed by atoms with Gasteiger partial charge in [0.05, 0.1) is 16.9 Å². The van der Waals surface area contributed by atoms with Crippen molar-refractivity contribution >= 4 is 17.7 Å². The third kappa shape index (κ3) is 4.45. The van der Waals surface area contributed by atoms with Crippen LogP contribution in [-0.4, -0.2) is 15.5 Å². The molecule has 6 nitrogen and oxygen atoms in total. The molecule has 0 saturated heterocycles. The number of hydrogen-bond acceptors (Lipinski definition) is 6. The molecule has 3 rings (SSSR count). The lowest BCUT2D eigenvalue weighted by Crippen LogP contribution is -2.19. The Hall–Kier alpha value is -3.01. The van der Waals surface area contributed by atoms with Crippen molar-refractivity contribution in [2.24, 2.45) is 7.05 Å². The number of esters is 1. The van der Waals surface area contributed by atoms with Crippen molar-refractivity contribution in [3.63, 3.8) is 0 Å². The van der Waals surface area contributed by atoms with Gasteiger partial charge in [0.15, 0.2) is 5.16 Å². The van der Waals surface area contributed by atoms with Gasteiger partial charge in [-0.25, -0.2) is 9.78 Å². The monoisotopic (exact) mass is 410 g/mol. The minimum absolute atomic E-state index is 0.297. The molecule has 0 aliphatic carbocycles. The summed E-state index contributed by atoms with van der Waals surface area (Å²) in [5.74, 6) is -1.19. The highest BCUT2D eigenvalue weighted by Crippen LogP contribution is 2.32. The fourth-order valence-electron chi connectivity index (χ4n) is 2.28. The number of nitrogens with zero attached hydrogens (tertiary/aromatic N) is 2. The van der Waals surface area contributed by atoms with Crippen LogP contribution in [-0.2, 0) is 19.0 Å². The largest absolute Gasteiger partial charge is 0.464 e. The fourth-order valence-corrected chi connectivity index (χ4v) is 3.10. The zero-order valence-corrected chi connectivity index (χ0v) is 15.2. The lowest BCUT2D eigenvalue weighted by atomic mass is 10.1. The van der Waals surface area contributed by atoms with Crippen LogP contribution in [0, 0.1) is 0 Å². The Kier molecular flexibility index (Phi) is 5.59. The Morgan fingerprint density at radius 1 is 1.32 bits per heavy atom. The summed E-state index contributed by atoms with van der Waals surface area (Å²) in [6.45, 7) is 0. The van der Waals surface area contributed by atoms with Crippen LogP contribution in [0.1, 0.15) is 21.7 Å². The number of halogens is 3. The molecule has 1 aromatic carbocycles. The van der Waals surface area contributed by atoms with Gasteiger partial charge >= 0.3 is 12.1 Å². The van der Waals surface area contributed by atoms with Crippen molar-refractivity contribution in [1.29, 1.82) is 0 Å². The van der Waals surface area contributed by atoms with Crippen LogP contribution < -0.4 is 10.2 Å². The maximum absolute atomic E-state index is 13.0. The summed E-state index contributed by atoms with van der Waals surface area (Å²) < 4.78 is 50.9. The van der Waals surface area contributed by atoms with E-state index in [4.69, 9.17) is 9.15 Å². The summed E-state index contributed by atoms with van der Waals surface area (Å²) in [6.07, 6.45) is -0.434. The van der Waals surface area contributed by atoms with Crippen molar-refractivity contribution in [2.45, 2.75) is 17.1 Å². The summed E-state index contributed by atoms with van der Waals surface area (Å²) in [6, 6.07) is 5.28. The molecule has 0 spiro atoms. The molecule has 0 aliphatic rings. The van der Waals surface area contributed by atoms with E-state index in [1.807, 2.05) is 7.05 Å². The second kappa shape index (κ2) is 7.93. The quantitative estimate of drug-likeness (QED) is 0.469. The van der Waals surface area contributed by atoms with Gasteiger partial charge in [0.25, 0.3) is 0 Å². The standard InChI is InChI=1S/C18H13F3N2O4S/c1-23-7-6-22-17(23)28-10-11-8-14(24)15(9-26-11)27-16(25)12-4-2-3-5-13(12)18(19,20)21/h2-9H,10H2,1H3. The predicted molar refractivity (Wildman–Crippen MR) is 94.1 cm³/mol. The molecule has 0 bridgehead atoms. The van der Waals surface area contributed by atoms with Crippen molar-refractivity contribution in [3.05, 3.63) is 76.1 Å². The average molecular weight is 410 g/mol. The molecular formula is C18H13F3N2O4S. The Balaban J connectivity index is 1.74. The molecule has 28 heavy (non-hydrogen) atoms. The second-order valence-corrected chi connectivity index (χ2v) is 6.56. The van der Waals surface area contributed by atoms with E-state index >= 15 is 0 Å². The Labute approximate surface area is 161 Å². The number of aromatic nitrogens is 2. The lowest BCUT2D eigenvalue weighted by Gasteiger charge is -2.11. The van der Waals surface area contributed by atoms with E-state index in [-0.39, 0.29) is 0 Å². The molecule has 0 amide bonds. The maximum Gasteiger partial charge on any atom is 0.417 e. The summed E-state index contributed by atoms with van der Waals surface area (Å²) in [5, 5.41) is 0.710. The second-order valence-electron chi connectivity index (χ2n) is 5.62. The van der Waals surface area contributed by atoms with Gasteiger partial charge in [-0.2, -0.15) is 13.2 Å². The summed E-state index contributed by atoms with van der Waals surface area (Å²) >= 11 is 1.32. The summed E-state index contributed by atoms with van der Waals surface area (Å²) in [4.78, 5) is 28.4. The first-order valence-corrected chi connectivity index (χ1v) is 8.84. The Morgan fingerprint density at radius 3 is 2.71 bits per heavy atom. The van der Waals surface area contributed by atoms with Crippen LogP contribution in [0.15, 0.2) is 63.4 Å². The van der Waals surface area contributed by atoms with Gasteiger partial charge in [0, 0.05) is 25.5 Å². The van der Waals surface area contributed by atoms with E-state index in [2.05, 4.69) is 4.98 Å². The first-order chi connectivity index (χ1) is 13.3. The normalized spacial score (nSPS) is 11.4. The van der Waals surface area contributed by atoms with Gasteiger partial charge in [-0.05, 0) is 12.1 Å². The smallest absolute Gasteiger partial charge is 0.417 e. The molecular weight excluding hydrogens is 397 g/mol. The van der Waals surface area contributed by atoms with Gasteiger partial charge in [-0.15, -0.1) is 0 Å². The number of carbonyl (C=O) groups excluding carboxylic acids is 1. The van der Waals surface area contributed by atoms with Crippen LogP contribution in [0.3, 0.4) is 0 Å². The number of carbonyl (C=O) groups is 1. The van der Waals surface area contributed by atoms with Crippen LogP contribution in [0.4, 0.5) is 13.2 Å². The molecule has 0 aliphatic heterocycles. The van der Waals surface area contributed by atoms with Crippen LogP contribution >= 0.6 is 11.8 Å². The average Bonchev–Trinajstić information content (AvgIpc) is 3.06. The molecule has 0 N–H and O–H groups in total. The number of thioether (sulfide) groups is 1. The van der Waals surface area contributed by atoms with E-state index in [9.17, 15) is 22.8 Å². The number of rotatable bonds is 5. The van der Waals surface area contributed by atoms with Gasteiger partial charge in [-0.1, -0.05) is 23.9 Å². The molecule has 0 saturated carbocycles.